The monoisotopic (exact) mass is 517 g/mol. The molecule has 1 aliphatic heterocycles. The van der Waals surface area contributed by atoms with E-state index in [9.17, 15) is 4.79 Å². The number of piperidine rings is 1. The highest BCUT2D eigenvalue weighted by Gasteiger charge is 2.20. The summed E-state index contributed by atoms with van der Waals surface area (Å²) in [7, 11) is 1.68. The van der Waals surface area contributed by atoms with Crippen LogP contribution in [-0.2, 0) is 4.79 Å². The molecule has 1 fully saturated rings. The minimum atomic E-state index is -0.257. The molecule has 1 aromatic rings. The Labute approximate surface area is 191 Å². The number of rotatable bonds is 9. The summed E-state index contributed by atoms with van der Waals surface area (Å²) in [6.07, 6.45) is 2.96. The lowest BCUT2D eigenvalue weighted by Gasteiger charge is -2.32. The van der Waals surface area contributed by atoms with Gasteiger partial charge >= 0.3 is 0 Å². The molecule has 0 aromatic heterocycles. The smallest absolute Gasteiger partial charge is 0.231 e. The molecule has 0 saturated carbocycles. The van der Waals surface area contributed by atoms with Gasteiger partial charge in [0.2, 0.25) is 5.91 Å². The van der Waals surface area contributed by atoms with Crippen molar-refractivity contribution in [3.8, 4) is 5.75 Å². The molecule has 2 rings (SSSR count). The summed E-state index contributed by atoms with van der Waals surface area (Å²) in [4.78, 5) is 17.9. The van der Waals surface area contributed by atoms with E-state index in [2.05, 4.69) is 41.5 Å². The molecular formula is C21H36IN5O2. The van der Waals surface area contributed by atoms with Gasteiger partial charge in [-0.15, -0.1) is 24.0 Å². The number of likely N-dealkylation sites (tertiary alicyclic amines) is 1. The maximum atomic E-state index is 11.0. The minimum Gasteiger partial charge on any atom is -0.497 e. The van der Waals surface area contributed by atoms with Crippen molar-refractivity contribution < 1.29 is 9.53 Å². The van der Waals surface area contributed by atoms with Crippen molar-refractivity contribution in [2.24, 2.45) is 10.7 Å². The Bertz CT molecular complexity index is 630. The van der Waals surface area contributed by atoms with Crippen molar-refractivity contribution in [1.29, 1.82) is 0 Å². The van der Waals surface area contributed by atoms with Crippen LogP contribution in [0.25, 0.3) is 0 Å². The van der Waals surface area contributed by atoms with Gasteiger partial charge < -0.3 is 21.1 Å². The molecular weight excluding hydrogens is 481 g/mol. The second-order valence-electron chi connectivity index (χ2n) is 7.38. The maximum absolute atomic E-state index is 11.0. The van der Waals surface area contributed by atoms with Crippen molar-refractivity contribution in [3.63, 3.8) is 0 Å². The fraction of sp³-hybridized carbons (Fsp3) is 0.619. The van der Waals surface area contributed by atoms with Gasteiger partial charge in [0.15, 0.2) is 5.96 Å². The van der Waals surface area contributed by atoms with Gasteiger partial charge in [-0.05, 0) is 49.8 Å². The summed E-state index contributed by atoms with van der Waals surface area (Å²) in [5.74, 6) is 1.94. The van der Waals surface area contributed by atoms with E-state index in [4.69, 9.17) is 15.5 Å². The zero-order valence-corrected chi connectivity index (χ0v) is 20.1. The SMILES string of the molecule is CCNC(=NCCC(C)c1ccc(OC)cc1)NC1CCN(CC(N)=O)CC1.I. The summed E-state index contributed by atoms with van der Waals surface area (Å²) in [5, 5.41) is 6.88. The highest BCUT2D eigenvalue weighted by molar-refractivity contribution is 14.0. The second-order valence-corrected chi connectivity index (χ2v) is 7.38. The molecule has 1 aromatic carbocycles. The third-order valence-electron chi connectivity index (χ3n) is 5.17. The van der Waals surface area contributed by atoms with Gasteiger partial charge in [0.05, 0.1) is 13.7 Å². The number of aliphatic imine (C=N–C) groups is 1. The molecule has 1 amide bonds. The zero-order chi connectivity index (χ0) is 20.4. The number of nitrogens with one attached hydrogen (secondary N) is 2. The highest BCUT2D eigenvalue weighted by atomic mass is 127. The van der Waals surface area contributed by atoms with Crippen LogP contribution in [0, 0.1) is 0 Å². The third-order valence-corrected chi connectivity index (χ3v) is 5.17. The number of nitrogens with two attached hydrogens (primary N) is 1. The van der Waals surface area contributed by atoms with E-state index in [1.807, 2.05) is 12.1 Å². The molecule has 29 heavy (non-hydrogen) atoms. The molecule has 0 spiro atoms. The number of hydrogen-bond acceptors (Lipinski definition) is 4. The summed E-state index contributed by atoms with van der Waals surface area (Å²) >= 11 is 0. The zero-order valence-electron chi connectivity index (χ0n) is 17.8. The number of carbonyl (C=O) groups is 1. The molecule has 164 valence electrons. The van der Waals surface area contributed by atoms with Crippen molar-refractivity contribution in [3.05, 3.63) is 29.8 Å². The Morgan fingerprint density at radius 1 is 1.31 bits per heavy atom. The fourth-order valence-corrected chi connectivity index (χ4v) is 3.44. The van der Waals surface area contributed by atoms with Gasteiger partial charge in [-0.2, -0.15) is 0 Å². The third kappa shape index (κ3) is 9.20. The first-order chi connectivity index (χ1) is 13.5. The lowest BCUT2D eigenvalue weighted by Crippen LogP contribution is -2.49. The number of primary amides is 1. The number of ether oxygens (including phenoxy) is 1. The normalized spacial score (nSPS) is 16.6. The van der Waals surface area contributed by atoms with E-state index in [-0.39, 0.29) is 29.9 Å². The van der Waals surface area contributed by atoms with Crippen LogP contribution in [0.2, 0.25) is 0 Å². The number of hydrogen-bond donors (Lipinski definition) is 3. The number of guanidine groups is 1. The molecule has 1 saturated heterocycles. The van der Waals surface area contributed by atoms with Gasteiger partial charge in [-0.25, -0.2) is 0 Å². The molecule has 0 radical (unpaired) electrons. The van der Waals surface area contributed by atoms with E-state index in [0.717, 1.165) is 57.2 Å². The van der Waals surface area contributed by atoms with E-state index >= 15 is 0 Å². The van der Waals surface area contributed by atoms with Crippen LogP contribution in [0.5, 0.6) is 5.75 Å². The largest absolute Gasteiger partial charge is 0.497 e. The summed E-state index contributed by atoms with van der Waals surface area (Å²) < 4.78 is 5.22. The number of halogens is 1. The topological polar surface area (TPSA) is 92.0 Å². The van der Waals surface area contributed by atoms with Crippen molar-refractivity contribution in [2.45, 2.75) is 45.1 Å². The lowest BCUT2D eigenvalue weighted by atomic mass is 9.98. The van der Waals surface area contributed by atoms with Crippen molar-refractivity contribution in [1.82, 2.24) is 15.5 Å². The number of nitrogens with zero attached hydrogens (tertiary/aromatic N) is 2. The van der Waals surface area contributed by atoms with Crippen LogP contribution in [-0.4, -0.2) is 62.6 Å². The van der Waals surface area contributed by atoms with E-state index in [1.165, 1.54) is 5.56 Å². The molecule has 1 aliphatic rings. The lowest BCUT2D eigenvalue weighted by molar-refractivity contribution is -0.119. The van der Waals surface area contributed by atoms with Gasteiger partial charge in [0, 0.05) is 32.2 Å². The Morgan fingerprint density at radius 2 is 1.97 bits per heavy atom. The molecule has 1 atom stereocenters. The van der Waals surface area contributed by atoms with E-state index in [0.29, 0.717) is 18.5 Å². The molecule has 8 heteroatoms. The summed E-state index contributed by atoms with van der Waals surface area (Å²) in [5.41, 5.74) is 6.58. The first-order valence-corrected chi connectivity index (χ1v) is 10.2. The van der Waals surface area contributed by atoms with Crippen LogP contribution >= 0.6 is 24.0 Å². The Morgan fingerprint density at radius 3 is 2.52 bits per heavy atom. The number of benzene rings is 1. The van der Waals surface area contributed by atoms with Crippen LogP contribution in [0.4, 0.5) is 0 Å². The predicted molar refractivity (Wildman–Crippen MR) is 129 cm³/mol. The van der Waals surface area contributed by atoms with E-state index < -0.39 is 0 Å². The van der Waals surface area contributed by atoms with Crippen LogP contribution < -0.4 is 21.1 Å². The number of amides is 1. The van der Waals surface area contributed by atoms with Crippen molar-refractivity contribution in [2.75, 3.05) is 39.8 Å². The maximum Gasteiger partial charge on any atom is 0.231 e. The standard InChI is InChI=1S/C21H35N5O2.HI/c1-4-23-21(25-18-10-13-26(14-11-18)15-20(22)27)24-12-9-16(2)17-5-7-19(28-3)8-6-17;/h5-8,16,18H,4,9-15H2,1-3H3,(H2,22,27)(H2,23,24,25);1H. The van der Waals surface area contributed by atoms with Crippen LogP contribution in [0.15, 0.2) is 29.3 Å². The molecule has 0 bridgehead atoms. The fourth-order valence-electron chi connectivity index (χ4n) is 3.44. The highest BCUT2D eigenvalue weighted by Crippen LogP contribution is 2.21. The Balaban J connectivity index is 0.00000420. The van der Waals surface area contributed by atoms with E-state index in [1.54, 1.807) is 7.11 Å². The van der Waals surface area contributed by atoms with Crippen molar-refractivity contribution >= 4 is 35.8 Å². The molecule has 4 N–H and O–H groups in total. The first-order valence-electron chi connectivity index (χ1n) is 10.2. The average Bonchev–Trinajstić information content (AvgIpc) is 2.69. The first kappa shape index (κ1) is 25.5. The Hall–Kier alpha value is -1.55. The average molecular weight is 517 g/mol. The summed E-state index contributed by atoms with van der Waals surface area (Å²) in [6, 6.07) is 8.63. The van der Waals surface area contributed by atoms with Gasteiger partial charge in [-0.1, -0.05) is 19.1 Å². The van der Waals surface area contributed by atoms with Gasteiger partial charge in [0.25, 0.3) is 0 Å². The van der Waals surface area contributed by atoms with Crippen LogP contribution in [0.1, 0.15) is 44.6 Å². The molecule has 7 nitrogen and oxygen atoms in total. The molecule has 1 heterocycles. The van der Waals surface area contributed by atoms with Gasteiger partial charge in [0.1, 0.15) is 5.75 Å². The Kier molecular flexibility index (Phi) is 12.0. The number of methoxy groups -OCH3 is 1. The van der Waals surface area contributed by atoms with Gasteiger partial charge in [-0.3, -0.25) is 14.7 Å². The quantitative estimate of drug-likeness (QED) is 0.266. The summed E-state index contributed by atoms with van der Waals surface area (Å²) in [6.45, 7) is 8.02. The minimum absolute atomic E-state index is 0. The number of carbonyl (C=O) groups excluding carboxylic acids is 1. The molecule has 1 unspecified atom stereocenters. The second kappa shape index (κ2) is 13.6. The molecule has 0 aliphatic carbocycles. The predicted octanol–water partition coefficient (Wildman–Crippen LogP) is 2.31. The van der Waals surface area contributed by atoms with Crippen LogP contribution in [0.3, 0.4) is 0 Å².